The fourth-order valence-electron chi connectivity index (χ4n) is 2.94. The summed E-state index contributed by atoms with van der Waals surface area (Å²) in [6.07, 6.45) is 4.97. The van der Waals surface area contributed by atoms with Crippen molar-refractivity contribution in [2.24, 2.45) is 0 Å². The molecule has 116 valence electrons. The largest absolute Gasteiger partial charge is 0.462 e. The molecule has 2 atom stereocenters. The lowest BCUT2D eigenvalue weighted by atomic mass is 9.92. The van der Waals surface area contributed by atoms with Crippen molar-refractivity contribution in [3.05, 3.63) is 35.4 Å². The van der Waals surface area contributed by atoms with E-state index in [0.717, 1.165) is 18.4 Å². The van der Waals surface area contributed by atoms with Gasteiger partial charge in [-0.1, -0.05) is 31.0 Å². The molecule has 4 heteroatoms. The van der Waals surface area contributed by atoms with Crippen LogP contribution in [0.2, 0.25) is 0 Å². The van der Waals surface area contributed by atoms with E-state index < -0.39 is 0 Å². The molecule has 1 aliphatic carbocycles. The molecule has 1 aliphatic rings. The molecular weight excluding hydrogens is 266 g/mol. The van der Waals surface area contributed by atoms with E-state index in [1.54, 1.807) is 7.11 Å². The lowest BCUT2D eigenvalue weighted by molar-refractivity contribution is 0.0411. The van der Waals surface area contributed by atoms with Crippen LogP contribution in [0, 0.1) is 0 Å². The molecule has 0 aromatic heterocycles. The van der Waals surface area contributed by atoms with Crippen molar-refractivity contribution in [3.8, 4) is 0 Å². The highest BCUT2D eigenvalue weighted by molar-refractivity contribution is 5.91. The Hall–Kier alpha value is -1.39. The van der Waals surface area contributed by atoms with Gasteiger partial charge in [-0.2, -0.15) is 0 Å². The minimum Gasteiger partial charge on any atom is -0.462 e. The monoisotopic (exact) mass is 291 g/mol. The predicted molar refractivity (Wildman–Crippen MR) is 82.3 cm³/mol. The van der Waals surface area contributed by atoms with Gasteiger partial charge in [0.2, 0.25) is 0 Å². The van der Waals surface area contributed by atoms with E-state index in [0.29, 0.717) is 24.8 Å². The molecule has 21 heavy (non-hydrogen) atoms. The number of carbonyl (C=O) groups is 1. The highest BCUT2D eigenvalue weighted by Gasteiger charge is 2.24. The molecule has 1 N–H and O–H groups in total. The minimum absolute atomic E-state index is 0.248. The maximum absolute atomic E-state index is 12.0. The molecule has 0 bridgehead atoms. The summed E-state index contributed by atoms with van der Waals surface area (Å²) in [4.78, 5) is 12.0. The molecule has 0 heterocycles. The number of hydrogen-bond donors (Lipinski definition) is 1. The first-order valence-electron chi connectivity index (χ1n) is 7.77. The Bertz CT molecular complexity index is 461. The Morgan fingerprint density at radius 2 is 2.05 bits per heavy atom. The van der Waals surface area contributed by atoms with Gasteiger partial charge in [0.1, 0.15) is 0 Å². The summed E-state index contributed by atoms with van der Waals surface area (Å²) in [5.41, 5.74) is 1.63. The summed E-state index contributed by atoms with van der Waals surface area (Å²) >= 11 is 0. The highest BCUT2D eigenvalue weighted by atomic mass is 16.5. The molecular formula is C17H25NO3. The van der Waals surface area contributed by atoms with Gasteiger partial charge in [0.25, 0.3) is 0 Å². The topological polar surface area (TPSA) is 47.6 Å². The van der Waals surface area contributed by atoms with Crippen molar-refractivity contribution >= 4 is 5.97 Å². The van der Waals surface area contributed by atoms with Crippen molar-refractivity contribution in [2.45, 2.75) is 51.3 Å². The first-order chi connectivity index (χ1) is 10.3. The molecule has 2 rings (SSSR count). The standard InChI is InChI=1S/C17H25NO3/c1-3-21-17(19)14-9-5-4-8-13(14)12-18-15-10-6-7-11-16(15)20-2/h4-5,8-9,15-16,18H,3,6-7,10-12H2,1-2H3/t15-,16-/m1/s1. The summed E-state index contributed by atoms with van der Waals surface area (Å²) in [5, 5.41) is 3.54. The van der Waals surface area contributed by atoms with Gasteiger partial charge in [-0.15, -0.1) is 0 Å². The first-order valence-corrected chi connectivity index (χ1v) is 7.77. The smallest absolute Gasteiger partial charge is 0.338 e. The zero-order chi connectivity index (χ0) is 15.1. The molecule has 0 aliphatic heterocycles. The number of rotatable bonds is 6. The van der Waals surface area contributed by atoms with E-state index in [-0.39, 0.29) is 12.1 Å². The van der Waals surface area contributed by atoms with Crippen LogP contribution in [0.4, 0.5) is 0 Å². The van der Waals surface area contributed by atoms with Crippen molar-refractivity contribution < 1.29 is 14.3 Å². The van der Waals surface area contributed by atoms with E-state index in [4.69, 9.17) is 9.47 Å². The first kappa shape index (κ1) is 16.0. The number of ether oxygens (including phenoxy) is 2. The van der Waals surface area contributed by atoms with Gasteiger partial charge in [0, 0.05) is 19.7 Å². The fourth-order valence-corrected chi connectivity index (χ4v) is 2.94. The molecule has 0 radical (unpaired) electrons. The summed E-state index contributed by atoms with van der Waals surface area (Å²) in [6.45, 7) is 2.89. The van der Waals surface area contributed by atoms with E-state index in [1.807, 2.05) is 31.2 Å². The zero-order valence-electron chi connectivity index (χ0n) is 12.9. The van der Waals surface area contributed by atoms with Crippen LogP contribution in [0.25, 0.3) is 0 Å². The average molecular weight is 291 g/mol. The molecule has 1 aromatic rings. The van der Waals surface area contributed by atoms with Crippen molar-refractivity contribution in [1.82, 2.24) is 5.32 Å². The molecule has 4 nitrogen and oxygen atoms in total. The Kier molecular flexibility index (Phi) is 6.21. The molecule has 0 unspecified atom stereocenters. The Labute approximate surface area is 126 Å². The van der Waals surface area contributed by atoms with E-state index >= 15 is 0 Å². The second-order valence-corrected chi connectivity index (χ2v) is 5.42. The molecule has 1 aromatic carbocycles. The van der Waals surface area contributed by atoms with Crippen LogP contribution in [-0.2, 0) is 16.0 Å². The Morgan fingerprint density at radius 3 is 2.81 bits per heavy atom. The van der Waals surface area contributed by atoms with E-state index in [1.165, 1.54) is 12.8 Å². The SMILES string of the molecule is CCOC(=O)c1ccccc1CN[C@@H]1CCCC[C@H]1OC. The summed E-state index contributed by atoms with van der Waals surface area (Å²) in [7, 11) is 1.78. The number of esters is 1. The third kappa shape index (κ3) is 4.29. The Morgan fingerprint density at radius 1 is 1.29 bits per heavy atom. The van der Waals surface area contributed by atoms with Crippen molar-refractivity contribution in [3.63, 3.8) is 0 Å². The second kappa shape index (κ2) is 8.15. The van der Waals surface area contributed by atoms with Gasteiger partial charge in [-0.3, -0.25) is 0 Å². The summed E-state index contributed by atoms with van der Waals surface area (Å²) < 4.78 is 10.7. The molecule has 0 spiro atoms. The predicted octanol–water partition coefficient (Wildman–Crippen LogP) is 2.91. The van der Waals surface area contributed by atoms with Crippen LogP contribution in [0.1, 0.15) is 48.5 Å². The van der Waals surface area contributed by atoms with Gasteiger partial charge in [-0.05, 0) is 31.4 Å². The van der Waals surface area contributed by atoms with Gasteiger partial charge < -0.3 is 14.8 Å². The third-order valence-electron chi connectivity index (χ3n) is 4.07. The van der Waals surface area contributed by atoms with Crippen molar-refractivity contribution in [1.29, 1.82) is 0 Å². The molecule has 1 saturated carbocycles. The number of carbonyl (C=O) groups excluding carboxylic acids is 1. The van der Waals surface area contributed by atoms with Crippen LogP contribution in [0.3, 0.4) is 0 Å². The lowest BCUT2D eigenvalue weighted by Crippen LogP contribution is -2.42. The summed E-state index contributed by atoms with van der Waals surface area (Å²) in [5.74, 6) is -0.248. The Balaban J connectivity index is 2.00. The normalized spacial score (nSPS) is 22.0. The van der Waals surface area contributed by atoms with Crippen LogP contribution < -0.4 is 5.32 Å². The van der Waals surface area contributed by atoms with Crippen LogP contribution in [0.5, 0.6) is 0 Å². The maximum Gasteiger partial charge on any atom is 0.338 e. The third-order valence-corrected chi connectivity index (χ3v) is 4.07. The zero-order valence-corrected chi connectivity index (χ0v) is 12.9. The van der Waals surface area contributed by atoms with Gasteiger partial charge in [0.05, 0.1) is 18.3 Å². The van der Waals surface area contributed by atoms with E-state index in [9.17, 15) is 4.79 Å². The van der Waals surface area contributed by atoms with Crippen LogP contribution in [-0.4, -0.2) is 31.8 Å². The minimum atomic E-state index is -0.248. The van der Waals surface area contributed by atoms with Crippen LogP contribution in [0.15, 0.2) is 24.3 Å². The van der Waals surface area contributed by atoms with Crippen molar-refractivity contribution in [2.75, 3.05) is 13.7 Å². The number of nitrogens with one attached hydrogen (secondary N) is 1. The fraction of sp³-hybridized carbons (Fsp3) is 0.588. The molecule has 0 saturated heterocycles. The number of hydrogen-bond acceptors (Lipinski definition) is 4. The highest BCUT2D eigenvalue weighted by Crippen LogP contribution is 2.21. The van der Waals surface area contributed by atoms with E-state index in [2.05, 4.69) is 5.32 Å². The van der Waals surface area contributed by atoms with Gasteiger partial charge in [0.15, 0.2) is 0 Å². The number of methoxy groups -OCH3 is 1. The maximum atomic E-state index is 12.0. The molecule has 0 amide bonds. The van der Waals surface area contributed by atoms with Gasteiger partial charge >= 0.3 is 5.97 Å². The van der Waals surface area contributed by atoms with Gasteiger partial charge in [-0.25, -0.2) is 4.79 Å². The summed E-state index contributed by atoms with van der Waals surface area (Å²) in [6, 6.07) is 7.98. The average Bonchev–Trinajstić information content (AvgIpc) is 2.53. The molecule has 1 fully saturated rings. The number of benzene rings is 1. The second-order valence-electron chi connectivity index (χ2n) is 5.42. The quantitative estimate of drug-likeness (QED) is 0.819. The lowest BCUT2D eigenvalue weighted by Gasteiger charge is -2.31. The van der Waals surface area contributed by atoms with Crippen LogP contribution >= 0.6 is 0 Å².